The lowest BCUT2D eigenvalue weighted by Crippen LogP contribution is -2.29. The fraction of sp³-hybridized carbons (Fsp3) is 0. The molecule has 6 heteroatoms. The van der Waals surface area contributed by atoms with Gasteiger partial charge in [0.15, 0.2) is 5.69 Å². The second kappa shape index (κ2) is 12.1. The number of amides is 2. The Hall–Kier alpha value is -7.54. The van der Waals surface area contributed by atoms with Crippen LogP contribution in [-0.2, 0) is 0 Å². The predicted molar refractivity (Wildman–Crippen MR) is 206 cm³/mol. The SMILES string of the molecule is [C-]#[N+]c1ccc(-c2ccc3c(c2)c2ccccc2n3-c2cccc3c2C(=O)N(c2cc(-c4ccccc4)cc(-c4ccccc4)c2)C3=O)c(C#N)c1. The van der Waals surface area contributed by atoms with Crippen molar-refractivity contribution in [2.24, 2.45) is 0 Å². The molecule has 52 heavy (non-hydrogen) atoms. The molecule has 8 aromatic rings. The highest BCUT2D eigenvalue weighted by Gasteiger charge is 2.39. The highest BCUT2D eigenvalue weighted by Crippen LogP contribution is 2.41. The Kier molecular flexibility index (Phi) is 7.10. The molecule has 0 atom stereocenters. The molecule has 0 aliphatic carbocycles. The van der Waals surface area contributed by atoms with Crippen molar-refractivity contribution in [2.75, 3.05) is 4.90 Å². The van der Waals surface area contributed by atoms with E-state index < -0.39 is 0 Å². The lowest BCUT2D eigenvalue weighted by molar-refractivity contribution is 0.0926. The second-order valence-corrected chi connectivity index (χ2v) is 12.7. The van der Waals surface area contributed by atoms with Crippen LogP contribution in [0.1, 0.15) is 26.3 Å². The van der Waals surface area contributed by atoms with Crippen molar-refractivity contribution >= 4 is 45.0 Å². The highest BCUT2D eigenvalue weighted by atomic mass is 16.2. The molecule has 0 bridgehead atoms. The average molecular weight is 667 g/mol. The van der Waals surface area contributed by atoms with Crippen LogP contribution in [0.2, 0.25) is 0 Å². The van der Waals surface area contributed by atoms with E-state index >= 15 is 0 Å². The molecule has 0 saturated heterocycles. The lowest BCUT2D eigenvalue weighted by Gasteiger charge is -2.18. The molecule has 2 amide bonds. The number of anilines is 1. The third-order valence-electron chi connectivity index (χ3n) is 9.76. The summed E-state index contributed by atoms with van der Waals surface area (Å²) in [6.07, 6.45) is 0. The first-order chi connectivity index (χ1) is 25.5. The van der Waals surface area contributed by atoms with Gasteiger partial charge in [-0.1, -0.05) is 103 Å². The Bertz CT molecular complexity index is 2800. The summed E-state index contributed by atoms with van der Waals surface area (Å²) in [5.74, 6) is -0.762. The number of carbonyl (C=O) groups is 2. The van der Waals surface area contributed by atoms with Gasteiger partial charge in [-0.15, -0.1) is 0 Å². The molecule has 7 aromatic carbocycles. The van der Waals surface area contributed by atoms with Crippen molar-refractivity contribution in [2.45, 2.75) is 0 Å². The largest absolute Gasteiger partial charge is 0.308 e. The Morgan fingerprint density at radius 3 is 1.90 bits per heavy atom. The molecule has 1 aliphatic rings. The number of nitriles is 1. The lowest BCUT2D eigenvalue weighted by atomic mass is 9.97. The van der Waals surface area contributed by atoms with Crippen LogP contribution in [0.4, 0.5) is 11.4 Å². The van der Waals surface area contributed by atoms with Gasteiger partial charge < -0.3 is 4.57 Å². The topological polar surface area (TPSA) is 70.5 Å². The van der Waals surface area contributed by atoms with E-state index in [2.05, 4.69) is 17.0 Å². The van der Waals surface area contributed by atoms with Crippen LogP contribution in [0.3, 0.4) is 0 Å². The summed E-state index contributed by atoms with van der Waals surface area (Å²) in [4.78, 5) is 33.8. The minimum Gasteiger partial charge on any atom is -0.308 e. The number of carbonyl (C=O) groups excluding carboxylic acids is 2. The van der Waals surface area contributed by atoms with Crippen molar-refractivity contribution in [3.63, 3.8) is 0 Å². The van der Waals surface area contributed by atoms with Crippen LogP contribution in [-0.4, -0.2) is 16.4 Å². The van der Waals surface area contributed by atoms with Gasteiger partial charge in [0.25, 0.3) is 11.8 Å². The minimum absolute atomic E-state index is 0.340. The van der Waals surface area contributed by atoms with Crippen LogP contribution >= 0.6 is 0 Å². The molecule has 1 aromatic heterocycles. The summed E-state index contributed by atoms with van der Waals surface area (Å²) in [7, 11) is 0. The number of aromatic nitrogens is 1. The summed E-state index contributed by atoms with van der Waals surface area (Å²) in [5, 5.41) is 11.8. The number of fused-ring (bicyclic) bond motifs is 4. The smallest absolute Gasteiger partial charge is 0.268 e. The maximum Gasteiger partial charge on any atom is 0.268 e. The molecule has 0 unspecified atom stereocenters. The number of nitrogens with zero attached hydrogens (tertiary/aromatic N) is 4. The standard InChI is InChI=1S/C46H26N4O2/c1-48-35-20-21-37(34(24-35)28-47)31-19-22-42-40(27-31)38-15-8-9-17-41(38)50(42)43-18-10-16-39-44(43)46(52)49(45(39)51)36-25-32(29-11-4-2-5-12-29)23-33(26-36)30-13-6-3-7-14-30/h2-27H. The van der Waals surface area contributed by atoms with Crippen molar-refractivity contribution in [1.29, 1.82) is 5.26 Å². The molecule has 0 saturated carbocycles. The van der Waals surface area contributed by atoms with Crippen LogP contribution < -0.4 is 4.90 Å². The van der Waals surface area contributed by atoms with E-state index in [1.807, 2.05) is 138 Å². The van der Waals surface area contributed by atoms with Crippen molar-refractivity contribution < 1.29 is 9.59 Å². The third-order valence-corrected chi connectivity index (χ3v) is 9.76. The first kappa shape index (κ1) is 30.5. The predicted octanol–water partition coefficient (Wildman–Crippen LogP) is 11.0. The van der Waals surface area contributed by atoms with Gasteiger partial charge in [0.2, 0.25) is 0 Å². The molecule has 1 aliphatic heterocycles. The van der Waals surface area contributed by atoms with Crippen molar-refractivity contribution in [3.05, 3.63) is 186 Å². The second-order valence-electron chi connectivity index (χ2n) is 12.7. The number of hydrogen-bond acceptors (Lipinski definition) is 3. The molecule has 0 N–H and O–H groups in total. The van der Waals surface area contributed by atoms with Gasteiger partial charge in [0, 0.05) is 16.3 Å². The molecule has 6 nitrogen and oxygen atoms in total. The molecule has 0 spiro atoms. The van der Waals surface area contributed by atoms with Gasteiger partial charge in [-0.3, -0.25) is 9.59 Å². The van der Waals surface area contributed by atoms with Crippen LogP contribution in [0.5, 0.6) is 0 Å². The molecule has 0 fully saturated rings. The summed E-state index contributed by atoms with van der Waals surface area (Å²) in [6.45, 7) is 7.37. The van der Waals surface area contributed by atoms with Crippen LogP contribution in [0, 0.1) is 17.9 Å². The van der Waals surface area contributed by atoms with Crippen LogP contribution in [0.25, 0.3) is 65.7 Å². The van der Waals surface area contributed by atoms with E-state index in [4.69, 9.17) is 6.57 Å². The molecule has 9 rings (SSSR count). The van der Waals surface area contributed by atoms with Gasteiger partial charge >= 0.3 is 0 Å². The van der Waals surface area contributed by atoms with Gasteiger partial charge in [0.1, 0.15) is 0 Å². The summed E-state index contributed by atoms with van der Waals surface area (Å²) in [5.41, 5.74) is 9.69. The molecular weight excluding hydrogens is 641 g/mol. The van der Waals surface area contributed by atoms with Gasteiger partial charge in [0.05, 0.1) is 46.2 Å². The molecule has 0 radical (unpaired) electrons. The Balaban J connectivity index is 1.21. The Morgan fingerprint density at radius 1 is 0.538 bits per heavy atom. The number of benzene rings is 7. The van der Waals surface area contributed by atoms with E-state index in [9.17, 15) is 14.9 Å². The molecule has 2 heterocycles. The van der Waals surface area contributed by atoms with E-state index in [0.717, 1.165) is 55.2 Å². The van der Waals surface area contributed by atoms with Crippen LogP contribution in [0.15, 0.2) is 158 Å². The average Bonchev–Trinajstić information content (AvgIpc) is 3.68. The fourth-order valence-corrected chi connectivity index (χ4v) is 7.37. The quantitative estimate of drug-likeness (QED) is 0.136. The number of hydrogen-bond donors (Lipinski definition) is 0. The maximum atomic E-state index is 14.7. The summed E-state index contributed by atoms with van der Waals surface area (Å²) >= 11 is 0. The Labute approximate surface area is 299 Å². The van der Waals surface area contributed by atoms with E-state index in [-0.39, 0.29) is 11.8 Å². The van der Waals surface area contributed by atoms with Crippen molar-refractivity contribution in [3.8, 4) is 45.1 Å². The highest BCUT2D eigenvalue weighted by molar-refractivity contribution is 6.36. The maximum absolute atomic E-state index is 14.7. The number of imide groups is 1. The molecular formula is C46H26N4O2. The Morgan fingerprint density at radius 2 is 1.21 bits per heavy atom. The monoisotopic (exact) mass is 666 g/mol. The van der Waals surface area contributed by atoms with Gasteiger partial charge in [-0.05, 0) is 88.0 Å². The van der Waals surface area contributed by atoms with Crippen molar-refractivity contribution in [1.82, 2.24) is 4.57 Å². The van der Waals surface area contributed by atoms with E-state index in [1.54, 1.807) is 18.2 Å². The minimum atomic E-state index is -0.388. The zero-order valence-corrected chi connectivity index (χ0v) is 27.6. The fourth-order valence-electron chi connectivity index (χ4n) is 7.37. The van der Waals surface area contributed by atoms with Gasteiger partial charge in [-0.25, -0.2) is 9.74 Å². The number of rotatable bonds is 5. The summed E-state index contributed by atoms with van der Waals surface area (Å²) < 4.78 is 2.05. The van der Waals surface area contributed by atoms with E-state index in [0.29, 0.717) is 33.8 Å². The first-order valence-corrected chi connectivity index (χ1v) is 16.8. The molecule has 242 valence electrons. The zero-order chi connectivity index (χ0) is 35.3. The normalized spacial score (nSPS) is 12.2. The summed E-state index contributed by atoms with van der Waals surface area (Å²) in [6, 6.07) is 52.6. The number of para-hydroxylation sites is 1. The third kappa shape index (κ3) is 4.79. The zero-order valence-electron chi connectivity index (χ0n) is 27.6. The van der Waals surface area contributed by atoms with E-state index in [1.165, 1.54) is 4.90 Å². The van der Waals surface area contributed by atoms with Gasteiger partial charge in [-0.2, -0.15) is 5.26 Å². The first-order valence-electron chi connectivity index (χ1n) is 16.8.